The summed E-state index contributed by atoms with van der Waals surface area (Å²) in [4.78, 5) is 42.6. The van der Waals surface area contributed by atoms with E-state index in [-0.39, 0.29) is 44.5 Å². The molecule has 0 aliphatic rings. The van der Waals surface area contributed by atoms with Gasteiger partial charge in [0.25, 0.3) is 5.91 Å². The topological polar surface area (TPSA) is 112 Å². The van der Waals surface area contributed by atoms with Crippen molar-refractivity contribution >= 4 is 39.8 Å². The molecule has 1 N–H and O–H groups in total. The predicted molar refractivity (Wildman–Crippen MR) is 137 cm³/mol. The second-order valence-corrected chi connectivity index (χ2v) is 9.74. The van der Waals surface area contributed by atoms with Crippen LogP contribution in [0.25, 0.3) is 16.9 Å². The van der Waals surface area contributed by atoms with Gasteiger partial charge in [-0.1, -0.05) is 0 Å². The molecule has 1 amide bonds. The minimum Gasteiger partial charge on any atom is -0.462 e. The summed E-state index contributed by atoms with van der Waals surface area (Å²) in [5.74, 6) is -3.06. The Kier molecular flexibility index (Phi) is 7.91. The molecule has 0 radical (unpaired) electrons. The zero-order chi connectivity index (χ0) is 29.4. The standard InChI is InChI=1S/C26H22F4N4O5S/c1-5-38-25(37)21-13(4)20(24(36)39-12(2)3)23(40-21)32-22(35)17-11-19-31-16(14-6-8-15(27)9-7-14)10-18(26(28,29)30)34(19)33-17/h6-12H,5H2,1-4H3,(H,32,35). The number of alkyl halides is 3. The molecule has 1 aromatic carbocycles. The SMILES string of the molecule is CCOC(=O)c1sc(NC(=O)c2cc3nc(-c4ccc(F)cc4)cc(C(F)(F)F)n3n2)c(C(=O)OC(C)C)c1C. The molecule has 0 atom stereocenters. The molecule has 0 bridgehead atoms. The monoisotopic (exact) mass is 578 g/mol. The molecule has 0 aliphatic heterocycles. The Labute approximate surface area is 228 Å². The largest absolute Gasteiger partial charge is 0.462 e. The van der Waals surface area contributed by atoms with Gasteiger partial charge in [0.2, 0.25) is 0 Å². The number of hydrogen-bond acceptors (Lipinski definition) is 8. The molecule has 0 saturated carbocycles. The Morgan fingerprint density at radius 3 is 2.38 bits per heavy atom. The summed E-state index contributed by atoms with van der Waals surface area (Å²) >= 11 is 0.760. The highest BCUT2D eigenvalue weighted by Gasteiger charge is 2.36. The van der Waals surface area contributed by atoms with Crippen molar-refractivity contribution in [3.63, 3.8) is 0 Å². The number of rotatable bonds is 7. The first-order valence-corrected chi connectivity index (χ1v) is 12.7. The average Bonchev–Trinajstić information content (AvgIpc) is 3.44. The molecular formula is C26H22F4N4O5S. The third-order valence-corrected chi connectivity index (χ3v) is 6.66. The molecular weight excluding hydrogens is 556 g/mol. The van der Waals surface area contributed by atoms with E-state index in [9.17, 15) is 31.9 Å². The second-order valence-electron chi connectivity index (χ2n) is 8.72. The third-order valence-electron chi connectivity index (χ3n) is 5.47. The maximum Gasteiger partial charge on any atom is 0.433 e. The lowest BCUT2D eigenvalue weighted by atomic mass is 10.1. The smallest absolute Gasteiger partial charge is 0.433 e. The van der Waals surface area contributed by atoms with Crippen molar-refractivity contribution in [1.82, 2.24) is 14.6 Å². The Morgan fingerprint density at radius 2 is 1.77 bits per heavy atom. The summed E-state index contributed by atoms with van der Waals surface area (Å²) in [5.41, 5.74) is -1.73. The highest BCUT2D eigenvalue weighted by molar-refractivity contribution is 7.18. The summed E-state index contributed by atoms with van der Waals surface area (Å²) in [5, 5.41) is 6.19. The molecule has 3 heterocycles. The molecule has 40 heavy (non-hydrogen) atoms. The van der Waals surface area contributed by atoms with Crippen LogP contribution in [0, 0.1) is 12.7 Å². The van der Waals surface area contributed by atoms with Crippen molar-refractivity contribution in [2.75, 3.05) is 11.9 Å². The number of carbonyl (C=O) groups is 3. The number of nitrogens with one attached hydrogen (secondary N) is 1. The van der Waals surface area contributed by atoms with Crippen molar-refractivity contribution in [1.29, 1.82) is 0 Å². The first-order chi connectivity index (χ1) is 18.8. The second kappa shape index (κ2) is 11.0. The minimum absolute atomic E-state index is 0.0489. The van der Waals surface area contributed by atoms with Crippen LogP contribution in [-0.2, 0) is 15.7 Å². The molecule has 0 unspecified atom stereocenters. The van der Waals surface area contributed by atoms with Crippen LogP contribution in [0.15, 0.2) is 36.4 Å². The van der Waals surface area contributed by atoms with Gasteiger partial charge >= 0.3 is 18.1 Å². The van der Waals surface area contributed by atoms with E-state index in [1.807, 2.05) is 0 Å². The van der Waals surface area contributed by atoms with Gasteiger partial charge in [0.1, 0.15) is 15.7 Å². The molecule has 210 valence electrons. The highest BCUT2D eigenvalue weighted by Crippen LogP contribution is 2.36. The molecule has 4 aromatic rings. The Balaban J connectivity index is 1.77. The number of ether oxygens (including phenoxy) is 2. The normalized spacial score (nSPS) is 11.6. The van der Waals surface area contributed by atoms with E-state index in [0.29, 0.717) is 4.52 Å². The zero-order valence-corrected chi connectivity index (χ0v) is 22.4. The van der Waals surface area contributed by atoms with E-state index >= 15 is 0 Å². The lowest BCUT2D eigenvalue weighted by Gasteiger charge is -2.11. The lowest BCUT2D eigenvalue weighted by Crippen LogP contribution is -2.18. The van der Waals surface area contributed by atoms with Gasteiger partial charge in [0.05, 0.1) is 24.0 Å². The average molecular weight is 579 g/mol. The number of esters is 2. The fourth-order valence-electron chi connectivity index (χ4n) is 3.73. The fourth-order valence-corrected chi connectivity index (χ4v) is 4.82. The van der Waals surface area contributed by atoms with Crippen LogP contribution >= 0.6 is 11.3 Å². The minimum atomic E-state index is -4.87. The summed E-state index contributed by atoms with van der Waals surface area (Å²) in [7, 11) is 0. The molecule has 3 aromatic heterocycles. The number of thiophene rings is 1. The number of hydrogen-bond donors (Lipinski definition) is 1. The Bertz CT molecular complexity index is 1610. The van der Waals surface area contributed by atoms with Gasteiger partial charge in [-0.3, -0.25) is 4.79 Å². The molecule has 14 heteroatoms. The van der Waals surface area contributed by atoms with E-state index in [1.165, 1.54) is 19.1 Å². The van der Waals surface area contributed by atoms with E-state index in [1.54, 1.807) is 20.8 Å². The fraction of sp³-hybridized carbons (Fsp3) is 0.269. The molecule has 0 spiro atoms. The van der Waals surface area contributed by atoms with Crippen LogP contribution in [0.1, 0.15) is 62.5 Å². The first-order valence-electron chi connectivity index (χ1n) is 11.9. The van der Waals surface area contributed by atoms with Gasteiger partial charge < -0.3 is 14.8 Å². The summed E-state index contributed by atoms with van der Waals surface area (Å²) in [6.45, 7) is 6.39. The molecule has 0 saturated heterocycles. The van der Waals surface area contributed by atoms with Crippen molar-refractivity contribution < 1.29 is 41.4 Å². The van der Waals surface area contributed by atoms with E-state index in [0.717, 1.165) is 35.6 Å². The Morgan fingerprint density at radius 1 is 1.10 bits per heavy atom. The van der Waals surface area contributed by atoms with E-state index < -0.39 is 47.3 Å². The zero-order valence-electron chi connectivity index (χ0n) is 21.6. The predicted octanol–water partition coefficient (Wildman–Crippen LogP) is 5.92. The first kappa shape index (κ1) is 28.7. The number of amides is 1. The summed E-state index contributed by atoms with van der Waals surface area (Å²) in [6, 6.07) is 6.49. The third kappa shape index (κ3) is 5.81. The van der Waals surface area contributed by atoms with E-state index in [2.05, 4.69) is 15.4 Å². The van der Waals surface area contributed by atoms with Gasteiger partial charge in [-0.15, -0.1) is 11.3 Å². The van der Waals surface area contributed by atoms with Gasteiger partial charge in [-0.05, 0) is 63.6 Å². The van der Waals surface area contributed by atoms with Crippen LogP contribution in [-0.4, -0.2) is 45.2 Å². The number of fused-ring (bicyclic) bond motifs is 1. The van der Waals surface area contributed by atoms with Crippen molar-refractivity contribution in [2.24, 2.45) is 0 Å². The molecule has 4 rings (SSSR count). The van der Waals surface area contributed by atoms with Crippen LogP contribution in [0.4, 0.5) is 22.6 Å². The van der Waals surface area contributed by atoms with Crippen molar-refractivity contribution in [2.45, 2.75) is 40.0 Å². The van der Waals surface area contributed by atoms with Gasteiger partial charge in [-0.25, -0.2) is 23.5 Å². The number of aromatic nitrogens is 3. The van der Waals surface area contributed by atoms with Gasteiger partial charge in [-0.2, -0.15) is 18.3 Å². The molecule has 0 aliphatic carbocycles. The summed E-state index contributed by atoms with van der Waals surface area (Å²) in [6.07, 6.45) is -5.38. The van der Waals surface area contributed by atoms with Crippen LogP contribution in [0.5, 0.6) is 0 Å². The highest BCUT2D eigenvalue weighted by atomic mass is 32.1. The lowest BCUT2D eigenvalue weighted by molar-refractivity contribution is -0.142. The van der Waals surface area contributed by atoms with Crippen LogP contribution in [0.2, 0.25) is 0 Å². The number of halogens is 4. The van der Waals surface area contributed by atoms with E-state index in [4.69, 9.17) is 9.47 Å². The number of carbonyl (C=O) groups excluding carboxylic acids is 3. The van der Waals surface area contributed by atoms with Crippen molar-refractivity contribution in [3.8, 4) is 11.3 Å². The van der Waals surface area contributed by atoms with Gasteiger partial charge in [0.15, 0.2) is 17.0 Å². The number of anilines is 1. The summed E-state index contributed by atoms with van der Waals surface area (Å²) < 4.78 is 65.8. The maximum atomic E-state index is 13.9. The quantitative estimate of drug-likeness (QED) is 0.214. The Hall–Kier alpha value is -4.33. The number of nitrogens with zero attached hydrogens (tertiary/aromatic N) is 3. The van der Waals surface area contributed by atoms with Crippen LogP contribution < -0.4 is 5.32 Å². The number of benzene rings is 1. The van der Waals surface area contributed by atoms with Gasteiger partial charge in [0, 0.05) is 11.6 Å². The van der Waals surface area contributed by atoms with Crippen molar-refractivity contribution in [3.05, 3.63) is 69.6 Å². The molecule has 0 fully saturated rings. The van der Waals surface area contributed by atoms with Crippen LogP contribution in [0.3, 0.4) is 0 Å². The molecule has 9 nitrogen and oxygen atoms in total. The maximum absolute atomic E-state index is 13.9.